The fraction of sp³-hybridized carbons (Fsp3) is 0.231. The van der Waals surface area contributed by atoms with Gasteiger partial charge in [-0.3, -0.25) is 9.59 Å². The third kappa shape index (κ3) is 4.76. The average Bonchev–Trinajstić information content (AvgIpc) is 3.38. The van der Waals surface area contributed by atoms with Crippen LogP contribution >= 0.6 is 0 Å². The van der Waals surface area contributed by atoms with Crippen LogP contribution in [0.5, 0.6) is 0 Å². The summed E-state index contributed by atoms with van der Waals surface area (Å²) in [7, 11) is 0. The molecule has 4 aromatic rings. The van der Waals surface area contributed by atoms with Crippen molar-refractivity contribution in [2.75, 3.05) is 5.73 Å². The van der Waals surface area contributed by atoms with E-state index in [4.69, 9.17) is 16.0 Å². The number of rotatable bonds is 8. The van der Waals surface area contributed by atoms with Crippen LogP contribution in [0.1, 0.15) is 47.1 Å². The minimum Gasteiger partial charge on any atom is -0.383 e. The van der Waals surface area contributed by atoms with E-state index in [1.165, 1.54) is 0 Å². The maximum absolute atomic E-state index is 12.6. The van der Waals surface area contributed by atoms with E-state index in [1.54, 1.807) is 10.7 Å². The maximum atomic E-state index is 12.6. The van der Waals surface area contributed by atoms with Crippen LogP contribution in [0.4, 0.5) is 5.82 Å². The van der Waals surface area contributed by atoms with E-state index in [2.05, 4.69) is 10.3 Å². The quantitative estimate of drug-likeness (QED) is 0.409. The summed E-state index contributed by atoms with van der Waals surface area (Å²) in [5, 5.41) is 8.58. The molecule has 8 heteroatoms. The maximum Gasteiger partial charge on any atom is 0.254 e. The number of ketones is 1. The number of nitrogen functional groups attached to an aromatic ring is 1. The Morgan fingerprint density at radius 1 is 1.03 bits per heavy atom. The van der Waals surface area contributed by atoms with E-state index in [0.717, 1.165) is 16.7 Å². The number of carbonyl (C=O) groups is 2. The summed E-state index contributed by atoms with van der Waals surface area (Å²) in [6, 6.07) is 17.0. The summed E-state index contributed by atoms with van der Waals surface area (Å²) >= 11 is 0. The van der Waals surface area contributed by atoms with Gasteiger partial charge >= 0.3 is 0 Å². The third-order valence-electron chi connectivity index (χ3n) is 5.56. The molecule has 0 bridgehead atoms. The number of carbonyl (C=O) groups excluding carboxylic acids is 2. The van der Waals surface area contributed by atoms with Gasteiger partial charge in [-0.2, -0.15) is 5.10 Å². The molecule has 8 nitrogen and oxygen atoms in total. The van der Waals surface area contributed by atoms with Crippen molar-refractivity contribution < 1.29 is 14.1 Å². The van der Waals surface area contributed by atoms with E-state index in [1.807, 2.05) is 69.3 Å². The lowest BCUT2D eigenvalue weighted by atomic mass is 10.0. The Hall–Kier alpha value is -4.20. The number of hydrogen-bond acceptors (Lipinski definition) is 6. The van der Waals surface area contributed by atoms with E-state index in [9.17, 15) is 9.59 Å². The first-order chi connectivity index (χ1) is 16.2. The van der Waals surface area contributed by atoms with Crippen LogP contribution in [0.25, 0.3) is 22.5 Å². The predicted molar refractivity (Wildman–Crippen MR) is 130 cm³/mol. The van der Waals surface area contributed by atoms with Gasteiger partial charge in [-0.25, -0.2) is 4.68 Å². The molecule has 0 aliphatic rings. The molecule has 0 saturated heterocycles. The van der Waals surface area contributed by atoms with E-state index in [0.29, 0.717) is 22.7 Å². The SMILES string of the molecule is Cc1cccc(-c2cc(CC(=O)Cc3ccc(-c4nn(C(C)C)c(N)c4C(N)=O)cc3)on2)c1. The fourth-order valence-corrected chi connectivity index (χ4v) is 3.89. The topological polar surface area (TPSA) is 130 Å². The summed E-state index contributed by atoms with van der Waals surface area (Å²) < 4.78 is 6.95. The van der Waals surface area contributed by atoms with Gasteiger partial charge in [0.2, 0.25) is 0 Å². The van der Waals surface area contributed by atoms with Crippen molar-refractivity contribution in [2.24, 2.45) is 5.73 Å². The zero-order chi connectivity index (χ0) is 24.4. The summed E-state index contributed by atoms with van der Waals surface area (Å²) in [5.41, 5.74) is 16.6. The number of benzene rings is 2. The van der Waals surface area contributed by atoms with Crippen molar-refractivity contribution in [3.8, 4) is 22.5 Å². The lowest BCUT2D eigenvalue weighted by Crippen LogP contribution is -2.15. The van der Waals surface area contributed by atoms with Gasteiger partial charge < -0.3 is 16.0 Å². The zero-order valence-corrected chi connectivity index (χ0v) is 19.4. The van der Waals surface area contributed by atoms with E-state index in [-0.39, 0.29) is 36.0 Å². The largest absolute Gasteiger partial charge is 0.383 e. The summed E-state index contributed by atoms with van der Waals surface area (Å²) in [5.74, 6) is 0.148. The molecule has 1 amide bonds. The number of aryl methyl sites for hydroxylation is 1. The first-order valence-electron chi connectivity index (χ1n) is 11.0. The summed E-state index contributed by atoms with van der Waals surface area (Å²) in [6.45, 7) is 5.86. The van der Waals surface area contributed by atoms with Gasteiger partial charge in [-0.1, -0.05) is 53.2 Å². The van der Waals surface area contributed by atoms with Crippen LogP contribution in [-0.2, 0) is 17.6 Å². The van der Waals surface area contributed by atoms with E-state index < -0.39 is 5.91 Å². The number of nitrogens with two attached hydrogens (primary N) is 2. The van der Waals surface area contributed by atoms with Gasteiger partial charge in [0.15, 0.2) is 0 Å². The Kier molecular flexibility index (Phi) is 6.32. The second-order valence-corrected chi connectivity index (χ2v) is 8.65. The number of amides is 1. The normalized spacial score (nSPS) is 11.2. The minimum atomic E-state index is -0.629. The van der Waals surface area contributed by atoms with Crippen molar-refractivity contribution in [1.82, 2.24) is 14.9 Å². The molecule has 0 spiro atoms. The van der Waals surface area contributed by atoms with Gasteiger partial charge in [0, 0.05) is 29.7 Å². The average molecular weight is 458 g/mol. The summed E-state index contributed by atoms with van der Waals surface area (Å²) in [4.78, 5) is 24.6. The highest BCUT2D eigenvalue weighted by Gasteiger charge is 2.22. The highest BCUT2D eigenvalue weighted by molar-refractivity contribution is 6.03. The Morgan fingerprint density at radius 3 is 2.41 bits per heavy atom. The molecule has 0 atom stereocenters. The van der Waals surface area contributed by atoms with Crippen molar-refractivity contribution in [1.29, 1.82) is 0 Å². The molecule has 0 fully saturated rings. The summed E-state index contributed by atoms with van der Waals surface area (Å²) in [6.07, 6.45) is 0.397. The molecule has 0 aliphatic heterocycles. The molecular weight excluding hydrogens is 430 g/mol. The second kappa shape index (κ2) is 9.35. The highest BCUT2D eigenvalue weighted by atomic mass is 16.5. The van der Waals surface area contributed by atoms with Crippen molar-refractivity contribution in [3.63, 3.8) is 0 Å². The standard InChI is InChI=1S/C26H27N5O3/c1-15(2)31-25(27)23(26(28)33)24(29-31)18-9-7-17(8-10-18)12-20(32)13-21-14-22(30-34-21)19-6-4-5-16(3)11-19/h4-11,14-15H,12-13,27H2,1-3H3,(H2,28,33). The molecule has 0 saturated carbocycles. The Labute approximate surface area is 197 Å². The van der Waals surface area contributed by atoms with Crippen LogP contribution in [0.3, 0.4) is 0 Å². The van der Waals surface area contributed by atoms with Crippen LogP contribution in [0.2, 0.25) is 0 Å². The van der Waals surface area contributed by atoms with Crippen molar-refractivity contribution >= 4 is 17.5 Å². The van der Waals surface area contributed by atoms with E-state index >= 15 is 0 Å². The molecule has 4 rings (SSSR count). The van der Waals surface area contributed by atoms with Crippen LogP contribution in [0, 0.1) is 6.92 Å². The molecular formula is C26H27N5O3. The molecule has 4 N–H and O–H groups in total. The molecule has 2 aromatic carbocycles. The highest BCUT2D eigenvalue weighted by Crippen LogP contribution is 2.29. The fourth-order valence-electron chi connectivity index (χ4n) is 3.89. The van der Waals surface area contributed by atoms with Gasteiger partial charge in [0.25, 0.3) is 5.91 Å². The number of nitrogens with zero attached hydrogens (tertiary/aromatic N) is 3. The van der Waals surface area contributed by atoms with Crippen molar-refractivity contribution in [3.05, 3.63) is 77.0 Å². The first-order valence-corrected chi connectivity index (χ1v) is 11.0. The second-order valence-electron chi connectivity index (χ2n) is 8.65. The lowest BCUT2D eigenvalue weighted by molar-refractivity contribution is -0.118. The third-order valence-corrected chi connectivity index (χ3v) is 5.56. The lowest BCUT2D eigenvalue weighted by Gasteiger charge is -2.06. The number of hydrogen-bond donors (Lipinski definition) is 2. The number of anilines is 1. The van der Waals surface area contributed by atoms with Crippen LogP contribution < -0.4 is 11.5 Å². The number of aromatic nitrogens is 3. The van der Waals surface area contributed by atoms with Crippen molar-refractivity contribution in [2.45, 2.75) is 39.7 Å². The van der Waals surface area contributed by atoms with Gasteiger partial charge in [0.05, 0.1) is 6.42 Å². The van der Waals surface area contributed by atoms with Crippen LogP contribution in [0.15, 0.2) is 59.1 Å². The minimum absolute atomic E-state index is 0.00541. The predicted octanol–water partition coefficient (Wildman–Crippen LogP) is 4.13. The molecule has 0 radical (unpaired) electrons. The molecule has 2 heterocycles. The number of Topliss-reactive ketones (excluding diaryl/α,β-unsaturated/α-hetero) is 1. The Morgan fingerprint density at radius 2 is 1.76 bits per heavy atom. The number of primary amides is 1. The molecule has 174 valence electrons. The van der Waals surface area contributed by atoms with Gasteiger partial charge in [-0.15, -0.1) is 0 Å². The molecule has 0 unspecified atom stereocenters. The first kappa shape index (κ1) is 23.0. The Balaban J connectivity index is 1.46. The molecule has 2 aromatic heterocycles. The Bertz CT molecular complexity index is 1350. The van der Waals surface area contributed by atoms with Gasteiger partial charge in [0.1, 0.15) is 34.3 Å². The smallest absolute Gasteiger partial charge is 0.254 e. The molecule has 0 aliphatic carbocycles. The monoisotopic (exact) mass is 457 g/mol. The zero-order valence-electron chi connectivity index (χ0n) is 19.4. The van der Waals surface area contributed by atoms with Crippen LogP contribution in [-0.4, -0.2) is 26.6 Å². The van der Waals surface area contributed by atoms with Gasteiger partial charge in [-0.05, 0) is 32.4 Å². The molecule has 34 heavy (non-hydrogen) atoms.